The summed E-state index contributed by atoms with van der Waals surface area (Å²) in [6.45, 7) is 0.247. The molecule has 0 radical (unpaired) electrons. The number of hydrogen-bond donors (Lipinski definition) is 0. The second-order valence-electron chi connectivity index (χ2n) is 3.88. The van der Waals surface area contributed by atoms with E-state index in [9.17, 15) is 4.79 Å². The van der Waals surface area contributed by atoms with Crippen LogP contribution in [0.2, 0.25) is 10.2 Å². The van der Waals surface area contributed by atoms with Gasteiger partial charge < -0.3 is 0 Å². The molecule has 0 aliphatic carbocycles. The van der Waals surface area contributed by atoms with Gasteiger partial charge in [0.25, 0.3) is 5.56 Å². The van der Waals surface area contributed by atoms with Gasteiger partial charge in [-0.15, -0.1) is 11.3 Å². The minimum absolute atomic E-state index is 0.107. The predicted octanol–water partition coefficient (Wildman–Crippen LogP) is 3.21. The minimum atomic E-state index is -0.107. The van der Waals surface area contributed by atoms with E-state index in [1.54, 1.807) is 18.2 Å². The average Bonchev–Trinajstić information content (AvgIpc) is 2.86. The lowest BCUT2D eigenvalue weighted by molar-refractivity contribution is 0.731. The summed E-state index contributed by atoms with van der Waals surface area (Å²) in [5.41, 5.74) is 0.441. The third-order valence-electron chi connectivity index (χ3n) is 2.66. The summed E-state index contributed by atoms with van der Waals surface area (Å²) in [6.07, 6.45) is 1.50. The van der Waals surface area contributed by atoms with Crippen molar-refractivity contribution in [2.75, 3.05) is 0 Å². The normalized spacial score (nSPS) is 11.1. The molecule has 3 aromatic heterocycles. The molecule has 0 unspecified atom stereocenters. The van der Waals surface area contributed by atoms with Gasteiger partial charge in [0.05, 0.1) is 29.0 Å². The molecule has 0 fully saturated rings. The second kappa shape index (κ2) is 4.92. The first-order valence-electron chi connectivity index (χ1n) is 5.39. The summed E-state index contributed by atoms with van der Waals surface area (Å²) >= 11 is 13.3. The molecule has 3 rings (SSSR count). The molecule has 3 heterocycles. The Morgan fingerprint density at radius 1 is 1.26 bits per heavy atom. The van der Waals surface area contributed by atoms with Crippen molar-refractivity contribution >= 4 is 44.8 Å². The van der Waals surface area contributed by atoms with Crippen molar-refractivity contribution in [3.8, 4) is 0 Å². The maximum Gasteiger partial charge on any atom is 0.262 e. The Labute approximate surface area is 122 Å². The molecule has 0 saturated heterocycles. The van der Waals surface area contributed by atoms with Crippen LogP contribution >= 0.6 is 34.5 Å². The molecule has 96 valence electrons. The number of pyridine rings is 1. The quantitative estimate of drug-likeness (QED) is 0.683. The molecule has 0 bridgehead atoms. The first-order valence-corrected chi connectivity index (χ1v) is 7.02. The van der Waals surface area contributed by atoms with Crippen LogP contribution < -0.4 is 5.56 Å². The standard InChI is InChI=1S/C12H7Cl2N3OS/c13-8-1-2-10(14)16-9(8)5-17-6-15-11-7(12(17)18)3-4-19-11/h1-4,6H,5H2. The van der Waals surface area contributed by atoms with Crippen LogP contribution in [0.1, 0.15) is 5.69 Å². The Bertz CT molecular complexity index is 812. The first kappa shape index (κ1) is 12.6. The van der Waals surface area contributed by atoms with E-state index in [1.807, 2.05) is 5.38 Å². The number of nitrogens with zero attached hydrogens (tertiary/aromatic N) is 3. The topological polar surface area (TPSA) is 47.8 Å². The molecule has 0 aliphatic rings. The zero-order valence-electron chi connectivity index (χ0n) is 9.51. The van der Waals surface area contributed by atoms with Gasteiger partial charge in [-0.25, -0.2) is 9.97 Å². The monoisotopic (exact) mass is 311 g/mol. The van der Waals surface area contributed by atoms with E-state index in [0.717, 1.165) is 4.83 Å². The van der Waals surface area contributed by atoms with Crippen LogP contribution in [0.5, 0.6) is 0 Å². The molecule has 0 saturated carbocycles. The molecule has 0 aliphatic heterocycles. The summed E-state index contributed by atoms with van der Waals surface area (Å²) < 4.78 is 1.47. The molecule has 7 heteroatoms. The van der Waals surface area contributed by atoms with E-state index in [4.69, 9.17) is 23.2 Å². The molecule has 19 heavy (non-hydrogen) atoms. The van der Waals surface area contributed by atoms with Gasteiger partial charge >= 0.3 is 0 Å². The van der Waals surface area contributed by atoms with Crippen LogP contribution in [0.3, 0.4) is 0 Å². The Morgan fingerprint density at radius 3 is 2.95 bits per heavy atom. The van der Waals surface area contributed by atoms with Crippen molar-refractivity contribution in [3.63, 3.8) is 0 Å². The van der Waals surface area contributed by atoms with E-state index in [2.05, 4.69) is 9.97 Å². The number of fused-ring (bicyclic) bond motifs is 1. The van der Waals surface area contributed by atoms with E-state index < -0.39 is 0 Å². The van der Waals surface area contributed by atoms with Crippen molar-refractivity contribution in [1.82, 2.24) is 14.5 Å². The molecule has 0 aromatic carbocycles. The van der Waals surface area contributed by atoms with Gasteiger partial charge in [-0.1, -0.05) is 23.2 Å². The fourth-order valence-corrected chi connectivity index (χ4v) is 2.79. The zero-order chi connectivity index (χ0) is 13.4. The fourth-order valence-electron chi connectivity index (χ4n) is 1.74. The third-order valence-corrected chi connectivity index (χ3v) is 4.03. The highest BCUT2D eigenvalue weighted by atomic mass is 35.5. The molecule has 0 atom stereocenters. The number of hydrogen-bond acceptors (Lipinski definition) is 4. The van der Waals surface area contributed by atoms with Crippen LogP contribution in [0.25, 0.3) is 10.2 Å². The number of halogens is 2. The fraction of sp³-hybridized carbons (Fsp3) is 0.0833. The highest BCUT2D eigenvalue weighted by molar-refractivity contribution is 7.16. The largest absolute Gasteiger partial charge is 0.293 e. The van der Waals surface area contributed by atoms with Crippen molar-refractivity contribution in [3.05, 3.63) is 56.1 Å². The number of aromatic nitrogens is 3. The Kier molecular flexibility index (Phi) is 3.26. The predicted molar refractivity (Wildman–Crippen MR) is 77.2 cm³/mol. The summed E-state index contributed by atoms with van der Waals surface area (Å²) in [6, 6.07) is 5.03. The van der Waals surface area contributed by atoms with E-state index in [0.29, 0.717) is 21.3 Å². The van der Waals surface area contributed by atoms with Gasteiger partial charge in [-0.05, 0) is 23.6 Å². The minimum Gasteiger partial charge on any atom is -0.293 e. The first-order chi connectivity index (χ1) is 9.15. The molecular weight excluding hydrogens is 305 g/mol. The molecule has 0 amide bonds. The van der Waals surface area contributed by atoms with E-state index in [-0.39, 0.29) is 12.1 Å². The van der Waals surface area contributed by atoms with Crippen LogP contribution in [0, 0.1) is 0 Å². The molecule has 4 nitrogen and oxygen atoms in total. The van der Waals surface area contributed by atoms with Crippen LogP contribution in [0.15, 0.2) is 34.7 Å². The summed E-state index contributed by atoms with van der Waals surface area (Å²) in [5, 5.41) is 3.26. The summed E-state index contributed by atoms with van der Waals surface area (Å²) in [5.74, 6) is 0. The lowest BCUT2D eigenvalue weighted by Gasteiger charge is -2.06. The molecule has 3 aromatic rings. The van der Waals surface area contributed by atoms with Gasteiger partial charge in [-0.3, -0.25) is 9.36 Å². The lowest BCUT2D eigenvalue weighted by Crippen LogP contribution is -2.21. The molecule has 0 N–H and O–H groups in total. The lowest BCUT2D eigenvalue weighted by atomic mass is 10.3. The van der Waals surface area contributed by atoms with Gasteiger partial charge in [0.15, 0.2) is 0 Å². The molecular formula is C12H7Cl2N3OS. The van der Waals surface area contributed by atoms with Crippen molar-refractivity contribution in [2.24, 2.45) is 0 Å². The zero-order valence-corrected chi connectivity index (χ0v) is 11.8. The highest BCUT2D eigenvalue weighted by Crippen LogP contribution is 2.18. The van der Waals surface area contributed by atoms with Gasteiger partial charge in [0.1, 0.15) is 9.98 Å². The maximum absolute atomic E-state index is 12.2. The Morgan fingerprint density at radius 2 is 2.11 bits per heavy atom. The Balaban J connectivity index is 2.08. The second-order valence-corrected chi connectivity index (χ2v) is 5.57. The van der Waals surface area contributed by atoms with Gasteiger partial charge in [-0.2, -0.15) is 0 Å². The number of rotatable bonds is 2. The van der Waals surface area contributed by atoms with E-state index >= 15 is 0 Å². The summed E-state index contributed by atoms with van der Waals surface area (Å²) in [7, 11) is 0. The van der Waals surface area contributed by atoms with Crippen molar-refractivity contribution in [2.45, 2.75) is 6.54 Å². The highest BCUT2D eigenvalue weighted by Gasteiger charge is 2.09. The average molecular weight is 312 g/mol. The third kappa shape index (κ3) is 2.36. The van der Waals surface area contributed by atoms with Crippen molar-refractivity contribution in [1.29, 1.82) is 0 Å². The van der Waals surface area contributed by atoms with Crippen LogP contribution in [-0.4, -0.2) is 14.5 Å². The smallest absolute Gasteiger partial charge is 0.262 e. The Hall–Kier alpha value is -1.43. The van der Waals surface area contributed by atoms with E-state index in [1.165, 1.54) is 22.2 Å². The number of thiophene rings is 1. The van der Waals surface area contributed by atoms with Gasteiger partial charge in [0.2, 0.25) is 0 Å². The van der Waals surface area contributed by atoms with Gasteiger partial charge in [0, 0.05) is 0 Å². The van der Waals surface area contributed by atoms with Crippen LogP contribution in [0.4, 0.5) is 0 Å². The van der Waals surface area contributed by atoms with Crippen LogP contribution in [-0.2, 0) is 6.54 Å². The SMILES string of the molecule is O=c1c2ccsc2ncn1Cc1nc(Cl)ccc1Cl. The summed E-state index contributed by atoms with van der Waals surface area (Å²) in [4.78, 5) is 21.3. The van der Waals surface area contributed by atoms with Crippen molar-refractivity contribution < 1.29 is 0 Å². The maximum atomic E-state index is 12.2. The molecule has 0 spiro atoms.